The Morgan fingerprint density at radius 3 is 2.43 bits per heavy atom. The van der Waals surface area contributed by atoms with Gasteiger partial charge in [-0.15, -0.1) is 0 Å². The fourth-order valence-electron chi connectivity index (χ4n) is 1.25. The van der Waals surface area contributed by atoms with Gasteiger partial charge in [0.05, 0.1) is 0 Å². The van der Waals surface area contributed by atoms with E-state index in [0.717, 1.165) is 20.6 Å². The van der Waals surface area contributed by atoms with Crippen LogP contribution in [0.3, 0.4) is 0 Å². The van der Waals surface area contributed by atoms with Gasteiger partial charge in [-0.25, -0.2) is 0 Å². The Hall–Kier alpha value is -0.790. The average molecular weight is 267 g/mol. The summed E-state index contributed by atoms with van der Waals surface area (Å²) in [5.74, 6) is 0. The number of hydrogen-bond acceptors (Lipinski definition) is 0. The second-order valence-corrected chi connectivity index (χ2v) is 4.19. The third-order valence-corrected chi connectivity index (χ3v) is 2.85. The Bertz CT molecular complexity index is 434. The van der Waals surface area contributed by atoms with E-state index in [1.54, 1.807) is 0 Å². The van der Waals surface area contributed by atoms with Crippen LogP contribution >= 0.6 is 27.5 Å². The van der Waals surface area contributed by atoms with Crippen molar-refractivity contribution in [2.75, 3.05) is 0 Å². The topological polar surface area (TPSA) is 0 Å². The van der Waals surface area contributed by atoms with E-state index in [1.807, 2.05) is 42.5 Å². The molecule has 0 amide bonds. The van der Waals surface area contributed by atoms with Crippen molar-refractivity contribution in [2.45, 2.75) is 0 Å². The predicted octanol–water partition coefficient (Wildman–Crippen LogP) is 4.57. The van der Waals surface area contributed by atoms with Gasteiger partial charge in [0, 0.05) is 15.1 Å². The predicted molar refractivity (Wildman–Crippen MR) is 63.4 cm³/mol. The van der Waals surface area contributed by atoms with Crippen LogP contribution in [0.5, 0.6) is 0 Å². The molecule has 0 spiro atoms. The van der Waals surface area contributed by atoms with Gasteiger partial charge in [0.25, 0.3) is 0 Å². The molecule has 0 aromatic heterocycles. The van der Waals surface area contributed by atoms with Crippen molar-refractivity contribution in [2.24, 2.45) is 0 Å². The SMILES string of the molecule is Clc1ccc(-c2[c]cccc2Br)cc1. The second kappa shape index (κ2) is 4.16. The van der Waals surface area contributed by atoms with Crippen LogP contribution in [0.4, 0.5) is 0 Å². The monoisotopic (exact) mass is 265 g/mol. The van der Waals surface area contributed by atoms with Gasteiger partial charge in [-0.2, -0.15) is 0 Å². The van der Waals surface area contributed by atoms with Crippen molar-refractivity contribution < 1.29 is 0 Å². The van der Waals surface area contributed by atoms with Gasteiger partial charge in [-0.3, -0.25) is 0 Å². The molecule has 0 saturated carbocycles. The summed E-state index contributed by atoms with van der Waals surface area (Å²) in [6, 6.07) is 16.8. The van der Waals surface area contributed by atoms with Gasteiger partial charge in [0.15, 0.2) is 0 Å². The zero-order chi connectivity index (χ0) is 9.97. The smallest absolute Gasteiger partial charge is 0.0406 e. The van der Waals surface area contributed by atoms with Crippen molar-refractivity contribution in [1.29, 1.82) is 0 Å². The fourth-order valence-corrected chi connectivity index (χ4v) is 1.88. The number of halogens is 2. The molecule has 0 fully saturated rings. The molecule has 0 atom stereocenters. The maximum atomic E-state index is 5.82. The van der Waals surface area contributed by atoms with Crippen LogP contribution in [0.25, 0.3) is 11.1 Å². The molecule has 2 heteroatoms. The maximum absolute atomic E-state index is 5.82. The van der Waals surface area contributed by atoms with Crippen molar-refractivity contribution in [3.63, 3.8) is 0 Å². The Balaban J connectivity index is 2.50. The standard InChI is InChI=1S/C12H7BrCl/c13-12-4-2-1-3-11(12)9-5-7-10(14)8-6-9/h1-2,4-8H. The van der Waals surface area contributed by atoms with E-state index in [0.29, 0.717) is 0 Å². The van der Waals surface area contributed by atoms with Crippen molar-refractivity contribution in [3.8, 4) is 11.1 Å². The summed E-state index contributed by atoms with van der Waals surface area (Å²) in [4.78, 5) is 0. The van der Waals surface area contributed by atoms with E-state index in [-0.39, 0.29) is 0 Å². The van der Waals surface area contributed by atoms with Crippen LogP contribution in [0.2, 0.25) is 5.02 Å². The molecule has 0 heterocycles. The van der Waals surface area contributed by atoms with Crippen molar-refractivity contribution in [1.82, 2.24) is 0 Å². The van der Waals surface area contributed by atoms with Gasteiger partial charge >= 0.3 is 0 Å². The molecule has 2 aromatic rings. The molecule has 0 unspecified atom stereocenters. The van der Waals surface area contributed by atoms with Gasteiger partial charge in [0.2, 0.25) is 0 Å². The molecule has 0 saturated heterocycles. The highest BCUT2D eigenvalue weighted by Gasteiger charge is 2.01. The minimum atomic E-state index is 0.751. The Morgan fingerprint density at radius 2 is 1.79 bits per heavy atom. The molecule has 14 heavy (non-hydrogen) atoms. The molecule has 2 aromatic carbocycles. The van der Waals surface area contributed by atoms with Crippen LogP contribution in [0, 0.1) is 6.07 Å². The van der Waals surface area contributed by atoms with E-state index in [2.05, 4.69) is 22.0 Å². The van der Waals surface area contributed by atoms with Crippen LogP contribution in [-0.2, 0) is 0 Å². The van der Waals surface area contributed by atoms with Gasteiger partial charge in [0.1, 0.15) is 0 Å². The van der Waals surface area contributed by atoms with E-state index >= 15 is 0 Å². The molecule has 69 valence electrons. The summed E-state index contributed by atoms with van der Waals surface area (Å²) >= 11 is 9.30. The molecular weight excluding hydrogens is 259 g/mol. The fraction of sp³-hybridized carbons (Fsp3) is 0. The van der Waals surface area contributed by atoms with Crippen LogP contribution in [0.15, 0.2) is 46.9 Å². The van der Waals surface area contributed by atoms with Crippen molar-refractivity contribution >= 4 is 27.5 Å². The second-order valence-electron chi connectivity index (χ2n) is 2.90. The molecule has 0 N–H and O–H groups in total. The van der Waals surface area contributed by atoms with Crippen LogP contribution in [0.1, 0.15) is 0 Å². The highest BCUT2D eigenvalue weighted by atomic mass is 79.9. The van der Waals surface area contributed by atoms with E-state index < -0.39 is 0 Å². The summed E-state index contributed by atoms with van der Waals surface area (Å²) in [6.07, 6.45) is 0. The zero-order valence-corrected chi connectivity index (χ0v) is 9.64. The third-order valence-electron chi connectivity index (χ3n) is 1.94. The third kappa shape index (κ3) is 1.99. The summed E-state index contributed by atoms with van der Waals surface area (Å²) < 4.78 is 1.04. The van der Waals surface area contributed by atoms with Crippen LogP contribution in [-0.4, -0.2) is 0 Å². The minimum Gasteiger partial charge on any atom is -0.0843 e. The Labute approximate surface area is 96.7 Å². The number of rotatable bonds is 1. The first-order valence-corrected chi connectivity index (χ1v) is 5.36. The lowest BCUT2D eigenvalue weighted by molar-refractivity contribution is 1.57. The average Bonchev–Trinajstić information content (AvgIpc) is 2.20. The quantitative estimate of drug-likeness (QED) is 0.709. The van der Waals surface area contributed by atoms with E-state index in [4.69, 9.17) is 11.6 Å². The molecule has 2 rings (SSSR count). The minimum absolute atomic E-state index is 0.751. The van der Waals surface area contributed by atoms with Gasteiger partial charge < -0.3 is 0 Å². The first-order chi connectivity index (χ1) is 6.77. The lowest BCUT2D eigenvalue weighted by atomic mass is 10.1. The first-order valence-electron chi connectivity index (χ1n) is 4.19. The number of benzene rings is 2. The summed E-state index contributed by atoms with van der Waals surface area (Å²) in [5, 5.41) is 0.751. The summed E-state index contributed by atoms with van der Waals surface area (Å²) in [7, 11) is 0. The Kier molecular flexibility index (Phi) is 2.90. The number of hydrogen-bond donors (Lipinski definition) is 0. The van der Waals surface area contributed by atoms with E-state index in [9.17, 15) is 0 Å². The lowest BCUT2D eigenvalue weighted by Crippen LogP contribution is -1.78. The largest absolute Gasteiger partial charge is 0.0843 e. The van der Waals surface area contributed by atoms with E-state index in [1.165, 1.54) is 0 Å². The summed E-state index contributed by atoms with van der Waals surface area (Å²) in [5.41, 5.74) is 2.17. The van der Waals surface area contributed by atoms with Gasteiger partial charge in [-0.1, -0.05) is 51.8 Å². The molecule has 0 bridgehead atoms. The summed E-state index contributed by atoms with van der Waals surface area (Å²) in [6.45, 7) is 0. The molecule has 0 aliphatic rings. The highest BCUT2D eigenvalue weighted by Crippen LogP contribution is 2.27. The van der Waals surface area contributed by atoms with Crippen LogP contribution < -0.4 is 0 Å². The molecule has 0 aliphatic heterocycles. The normalized spacial score (nSPS) is 10.1. The molecule has 1 radical (unpaired) electrons. The molecule has 0 nitrogen and oxygen atoms in total. The molecular formula is C12H7BrCl. The Morgan fingerprint density at radius 1 is 1.07 bits per heavy atom. The maximum Gasteiger partial charge on any atom is 0.0406 e. The molecule has 0 aliphatic carbocycles. The lowest BCUT2D eigenvalue weighted by Gasteiger charge is -2.03. The highest BCUT2D eigenvalue weighted by molar-refractivity contribution is 9.10. The first kappa shape index (κ1) is 9.75. The zero-order valence-electron chi connectivity index (χ0n) is 7.30. The van der Waals surface area contributed by atoms with Crippen molar-refractivity contribution in [3.05, 3.63) is 58.0 Å². The van der Waals surface area contributed by atoms with Gasteiger partial charge in [-0.05, 0) is 29.8 Å².